The molecule has 1 aromatic heterocycles. The number of esters is 1. The number of aromatic amines is 1. The fraction of sp³-hybridized carbons (Fsp3) is 0.500. The van der Waals surface area contributed by atoms with Crippen LogP contribution in [0.25, 0.3) is 10.9 Å². The van der Waals surface area contributed by atoms with E-state index in [-0.39, 0.29) is 11.9 Å². The molecule has 1 heterocycles. The summed E-state index contributed by atoms with van der Waals surface area (Å²) in [6, 6.07) is 8.17. The molecule has 25 heavy (non-hydrogen) atoms. The average molecular weight is 342 g/mol. The molecule has 0 atom stereocenters. The number of fused-ring (bicyclic) bond motifs is 1. The molecule has 0 radical (unpaired) electrons. The van der Waals surface area contributed by atoms with E-state index in [0.29, 0.717) is 19.3 Å². The molecule has 1 aliphatic carbocycles. The molecule has 1 amide bonds. The van der Waals surface area contributed by atoms with Gasteiger partial charge in [0.1, 0.15) is 5.54 Å². The minimum absolute atomic E-state index is 0.0628. The van der Waals surface area contributed by atoms with Crippen molar-refractivity contribution in [3.8, 4) is 0 Å². The van der Waals surface area contributed by atoms with E-state index in [1.54, 1.807) is 0 Å². The van der Waals surface area contributed by atoms with Gasteiger partial charge in [-0.25, -0.2) is 4.79 Å². The van der Waals surface area contributed by atoms with Crippen LogP contribution in [-0.4, -0.2) is 29.5 Å². The molecule has 1 aliphatic rings. The van der Waals surface area contributed by atoms with Crippen LogP contribution in [0.4, 0.5) is 0 Å². The Bertz CT molecular complexity index is 744. The molecule has 0 aliphatic heterocycles. The summed E-state index contributed by atoms with van der Waals surface area (Å²) in [4.78, 5) is 27.9. The predicted molar refractivity (Wildman–Crippen MR) is 97.2 cm³/mol. The largest absolute Gasteiger partial charge is 0.467 e. The lowest BCUT2D eigenvalue weighted by Gasteiger charge is -2.35. The average Bonchev–Trinajstić information content (AvgIpc) is 3.05. The summed E-state index contributed by atoms with van der Waals surface area (Å²) in [6.45, 7) is 0. The van der Waals surface area contributed by atoms with Gasteiger partial charge < -0.3 is 15.0 Å². The maximum absolute atomic E-state index is 12.4. The number of ether oxygens (including phenoxy) is 1. The molecular formula is C20H26N2O3. The fourth-order valence-corrected chi connectivity index (χ4v) is 3.84. The van der Waals surface area contributed by atoms with Crippen LogP contribution in [-0.2, 0) is 20.7 Å². The van der Waals surface area contributed by atoms with E-state index in [9.17, 15) is 9.59 Å². The fourth-order valence-electron chi connectivity index (χ4n) is 3.84. The van der Waals surface area contributed by atoms with E-state index in [1.165, 1.54) is 18.1 Å². The maximum atomic E-state index is 12.4. The summed E-state index contributed by atoms with van der Waals surface area (Å²) in [6.07, 6.45) is 8.37. The van der Waals surface area contributed by atoms with Crippen LogP contribution in [0.3, 0.4) is 0 Å². The number of carbonyl (C=O) groups is 2. The second-order valence-corrected chi connectivity index (χ2v) is 6.90. The number of nitrogens with one attached hydrogen (secondary N) is 2. The Labute approximate surface area is 148 Å². The van der Waals surface area contributed by atoms with Crippen molar-refractivity contribution in [1.29, 1.82) is 0 Å². The number of aryl methyl sites for hydroxylation is 1. The van der Waals surface area contributed by atoms with Crippen LogP contribution >= 0.6 is 0 Å². The molecule has 1 aromatic carbocycles. The Morgan fingerprint density at radius 1 is 1.20 bits per heavy atom. The van der Waals surface area contributed by atoms with Gasteiger partial charge >= 0.3 is 5.97 Å². The lowest BCUT2D eigenvalue weighted by Crippen LogP contribution is -2.56. The normalized spacial score (nSPS) is 16.5. The van der Waals surface area contributed by atoms with E-state index in [2.05, 4.69) is 22.4 Å². The minimum atomic E-state index is -0.815. The molecule has 2 aromatic rings. The Balaban J connectivity index is 1.56. The Hall–Kier alpha value is -2.30. The first-order valence-corrected chi connectivity index (χ1v) is 9.09. The van der Waals surface area contributed by atoms with Gasteiger partial charge in [-0.15, -0.1) is 0 Å². The van der Waals surface area contributed by atoms with Gasteiger partial charge in [0, 0.05) is 23.5 Å². The monoisotopic (exact) mass is 342 g/mol. The molecule has 0 saturated heterocycles. The van der Waals surface area contributed by atoms with E-state index in [1.807, 2.05) is 18.3 Å². The van der Waals surface area contributed by atoms with Gasteiger partial charge in [-0.05, 0) is 37.3 Å². The highest BCUT2D eigenvalue weighted by Crippen LogP contribution is 2.29. The summed E-state index contributed by atoms with van der Waals surface area (Å²) in [5.41, 5.74) is 1.53. The van der Waals surface area contributed by atoms with Gasteiger partial charge in [-0.3, -0.25) is 4.79 Å². The molecule has 3 rings (SSSR count). The van der Waals surface area contributed by atoms with Crippen LogP contribution in [0, 0.1) is 0 Å². The number of rotatable bonds is 6. The maximum Gasteiger partial charge on any atom is 0.331 e. The first kappa shape index (κ1) is 17.5. The third-order valence-corrected chi connectivity index (χ3v) is 5.19. The first-order valence-electron chi connectivity index (χ1n) is 9.09. The van der Waals surface area contributed by atoms with Crippen molar-refractivity contribution in [2.75, 3.05) is 7.11 Å². The first-order chi connectivity index (χ1) is 12.1. The van der Waals surface area contributed by atoms with Crippen molar-refractivity contribution in [3.63, 3.8) is 0 Å². The highest BCUT2D eigenvalue weighted by Gasteiger charge is 2.41. The van der Waals surface area contributed by atoms with Gasteiger partial charge in [-0.1, -0.05) is 37.5 Å². The molecule has 5 heteroatoms. The Morgan fingerprint density at radius 2 is 1.96 bits per heavy atom. The summed E-state index contributed by atoms with van der Waals surface area (Å²) >= 11 is 0. The van der Waals surface area contributed by atoms with Gasteiger partial charge in [0.15, 0.2) is 0 Å². The van der Waals surface area contributed by atoms with Gasteiger partial charge in [0.2, 0.25) is 5.91 Å². The molecule has 1 fully saturated rings. The molecule has 0 spiro atoms. The highest BCUT2D eigenvalue weighted by atomic mass is 16.5. The second kappa shape index (κ2) is 7.72. The second-order valence-electron chi connectivity index (χ2n) is 6.90. The Morgan fingerprint density at radius 3 is 2.72 bits per heavy atom. The lowest BCUT2D eigenvalue weighted by molar-refractivity contribution is -0.152. The predicted octanol–water partition coefficient (Wildman–Crippen LogP) is 3.48. The topological polar surface area (TPSA) is 71.2 Å². The molecule has 0 bridgehead atoms. The van der Waals surface area contributed by atoms with Crippen LogP contribution in [0.2, 0.25) is 0 Å². The molecule has 2 N–H and O–H groups in total. The SMILES string of the molecule is COC(=O)C1(NC(=O)CCCc2c[nH]c3ccccc23)CCCCC1. The highest BCUT2D eigenvalue weighted by molar-refractivity contribution is 5.88. The number of aromatic nitrogens is 1. The molecule has 5 nitrogen and oxygen atoms in total. The number of carbonyl (C=O) groups excluding carboxylic acids is 2. The number of hydrogen-bond acceptors (Lipinski definition) is 3. The third kappa shape index (κ3) is 3.86. The van der Waals surface area contributed by atoms with Gasteiger partial charge in [0.05, 0.1) is 7.11 Å². The minimum Gasteiger partial charge on any atom is -0.467 e. The molecule has 0 unspecified atom stereocenters. The zero-order valence-electron chi connectivity index (χ0n) is 14.8. The van der Waals surface area contributed by atoms with Gasteiger partial charge in [-0.2, -0.15) is 0 Å². The van der Waals surface area contributed by atoms with Crippen LogP contribution < -0.4 is 5.32 Å². The molecular weight excluding hydrogens is 316 g/mol. The van der Waals surface area contributed by atoms with Crippen molar-refractivity contribution in [1.82, 2.24) is 10.3 Å². The van der Waals surface area contributed by atoms with E-state index in [4.69, 9.17) is 4.74 Å². The quantitative estimate of drug-likeness (QED) is 0.790. The summed E-state index contributed by atoms with van der Waals surface area (Å²) in [5.74, 6) is -0.371. The van der Waals surface area contributed by atoms with Crippen molar-refractivity contribution < 1.29 is 14.3 Å². The number of benzene rings is 1. The van der Waals surface area contributed by atoms with Crippen LogP contribution in [0.1, 0.15) is 50.5 Å². The summed E-state index contributed by atoms with van der Waals surface area (Å²) < 4.78 is 4.95. The van der Waals surface area contributed by atoms with Crippen molar-refractivity contribution in [2.24, 2.45) is 0 Å². The van der Waals surface area contributed by atoms with E-state index >= 15 is 0 Å². The number of methoxy groups -OCH3 is 1. The number of H-pyrrole nitrogens is 1. The lowest BCUT2D eigenvalue weighted by atomic mass is 9.81. The van der Waals surface area contributed by atoms with Crippen molar-refractivity contribution in [3.05, 3.63) is 36.0 Å². The number of amides is 1. The number of para-hydroxylation sites is 1. The number of hydrogen-bond donors (Lipinski definition) is 2. The van der Waals surface area contributed by atoms with Crippen molar-refractivity contribution >= 4 is 22.8 Å². The van der Waals surface area contributed by atoms with E-state index < -0.39 is 5.54 Å². The third-order valence-electron chi connectivity index (χ3n) is 5.19. The Kier molecular flexibility index (Phi) is 5.41. The standard InChI is InChI=1S/C20H26N2O3/c1-25-19(24)20(12-5-2-6-13-20)22-18(23)11-7-8-15-14-21-17-10-4-3-9-16(15)17/h3-4,9-10,14,21H,2,5-8,11-13H2,1H3,(H,22,23). The summed E-state index contributed by atoms with van der Waals surface area (Å²) in [5, 5.41) is 4.19. The van der Waals surface area contributed by atoms with Crippen LogP contribution in [0.5, 0.6) is 0 Å². The van der Waals surface area contributed by atoms with Crippen molar-refractivity contribution in [2.45, 2.75) is 56.9 Å². The summed E-state index contributed by atoms with van der Waals surface area (Å²) in [7, 11) is 1.39. The molecule has 134 valence electrons. The van der Waals surface area contributed by atoms with Gasteiger partial charge in [0.25, 0.3) is 0 Å². The zero-order valence-corrected chi connectivity index (χ0v) is 14.8. The molecule has 1 saturated carbocycles. The smallest absolute Gasteiger partial charge is 0.331 e. The van der Waals surface area contributed by atoms with Crippen LogP contribution in [0.15, 0.2) is 30.5 Å². The zero-order chi connectivity index (χ0) is 17.7. The van der Waals surface area contributed by atoms with E-state index in [0.717, 1.165) is 37.6 Å².